The average molecular weight is 254 g/mol. The number of hydrogen-bond acceptors (Lipinski definition) is 2. The monoisotopic (exact) mass is 253 g/mol. The molecule has 3 nitrogen and oxygen atoms in total. The van der Waals surface area contributed by atoms with Crippen molar-refractivity contribution in [2.45, 2.75) is 6.92 Å². The zero-order valence-electron chi connectivity index (χ0n) is 9.04. The summed E-state index contributed by atoms with van der Waals surface area (Å²) in [7, 11) is 0. The first-order chi connectivity index (χ1) is 8.06. The predicted octanol–water partition coefficient (Wildman–Crippen LogP) is 2.16. The number of carbonyl (C=O) groups excluding carboxylic acids is 2. The van der Waals surface area contributed by atoms with E-state index in [9.17, 15) is 14.0 Å². The third kappa shape index (κ3) is 1.85. The van der Waals surface area contributed by atoms with Crippen LogP contribution in [0.15, 0.2) is 29.3 Å². The van der Waals surface area contributed by atoms with E-state index < -0.39 is 17.6 Å². The van der Waals surface area contributed by atoms with E-state index in [0.717, 1.165) is 4.90 Å². The minimum atomic E-state index is -0.501. The average Bonchev–Trinajstić information content (AvgIpc) is 2.52. The second kappa shape index (κ2) is 4.30. The maximum absolute atomic E-state index is 12.8. The van der Waals surface area contributed by atoms with Crippen molar-refractivity contribution in [3.8, 4) is 0 Å². The molecule has 5 heteroatoms. The molecule has 0 aromatic heterocycles. The number of nitrogens with zero attached hydrogens (tertiary/aromatic N) is 1. The molecule has 0 saturated carbocycles. The summed E-state index contributed by atoms with van der Waals surface area (Å²) in [4.78, 5) is 24.6. The van der Waals surface area contributed by atoms with Gasteiger partial charge >= 0.3 is 0 Å². The minimum Gasteiger partial charge on any atom is -0.274 e. The Balaban J connectivity index is 2.48. The van der Waals surface area contributed by atoms with Crippen LogP contribution in [0.25, 0.3) is 5.57 Å². The van der Waals surface area contributed by atoms with E-state index >= 15 is 0 Å². The van der Waals surface area contributed by atoms with Gasteiger partial charge in [0.25, 0.3) is 11.8 Å². The van der Waals surface area contributed by atoms with Gasteiger partial charge in [-0.05, 0) is 24.6 Å². The van der Waals surface area contributed by atoms with Crippen LogP contribution in [0.4, 0.5) is 4.39 Å². The van der Waals surface area contributed by atoms with Gasteiger partial charge in [-0.15, -0.1) is 0 Å². The van der Waals surface area contributed by atoms with Crippen LogP contribution < -0.4 is 0 Å². The normalized spacial score (nSPS) is 16.1. The zero-order chi connectivity index (χ0) is 12.6. The van der Waals surface area contributed by atoms with Crippen LogP contribution in [0.5, 0.6) is 0 Å². The Kier molecular flexibility index (Phi) is 2.98. The number of rotatable bonds is 2. The van der Waals surface area contributed by atoms with Crippen molar-refractivity contribution in [3.05, 3.63) is 40.7 Å². The second-order valence-corrected chi connectivity index (χ2v) is 3.93. The Labute approximate surface area is 102 Å². The van der Waals surface area contributed by atoms with Gasteiger partial charge in [0.1, 0.15) is 10.8 Å². The Bertz CT molecular complexity index is 522. The highest BCUT2D eigenvalue weighted by Gasteiger charge is 2.36. The highest BCUT2D eigenvalue weighted by Crippen LogP contribution is 2.31. The smallest absolute Gasteiger partial charge is 0.273 e. The lowest BCUT2D eigenvalue weighted by atomic mass is 10.1. The van der Waals surface area contributed by atoms with E-state index in [4.69, 9.17) is 11.6 Å². The lowest BCUT2D eigenvalue weighted by Crippen LogP contribution is -2.30. The lowest BCUT2D eigenvalue weighted by molar-refractivity contribution is -0.136. The third-order valence-corrected chi connectivity index (χ3v) is 2.91. The molecule has 0 N–H and O–H groups in total. The van der Waals surface area contributed by atoms with E-state index in [1.807, 2.05) is 0 Å². The van der Waals surface area contributed by atoms with Crippen molar-refractivity contribution in [2.75, 3.05) is 6.54 Å². The molecule has 0 bridgehead atoms. The van der Waals surface area contributed by atoms with E-state index in [1.165, 1.54) is 24.3 Å². The van der Waals surface area contributed by atoms with Gasteiger partial charge in [-0.1, -0.05) is 23.7 Å². The number of imide groups is 1. The van der Waals surface area contributed by atoms with Gasteiger partial charge in [-0.25, -0.2) is 4.39 Å². The molecule has 0 unspecified atom stereocenters. The summed E-state index contributed by atoms with van der Waals surface area (Å²) >= 11 is 5.85. The molecule has 2 rings (SSSR count). The molecule has 0 fully saturated rings. The van der Waals surface area contributed by atoms with Gasteiger partial charge < -0.3 is 0 Å². The summed E-state index contributed by atoms with van der Waals surface area (Å²) in [5, 5.41) is -0.108. The number of hydrogen-bond donors (Lipinski definition) is 0. The van der Waals surface area contributed by atoms with Crippen LogP contribution in [-0.4, -0.2) is 23.3 Å². The first-order valence-electron chi connectivity index (χ1n) is 5.08. The van der Waals surface area contributed by atoms with Gasteiger partial charge in [-0.2, -0.15) is 0 Å². The topological polar surface area (TPSA) is 37.4 Å². The molecule has 0 atom stereocenters. The van der Waals surface area contributed by atoms with E-state index in [0.29, 0.717) is 5.56 Å². The molecule has 0 aliphatic carbocycles. The maximum Gasteiger partial charge on any atom is 0.273 e. The molecule has 1 aromatic rings. The van der Waals surface area contributed by atoms with Gasteiger partial charge in [-0.3, -0.25) is 14.5 Å². The molecule has 1 aromatic carbocycles. The first-order valence-corrected chi connectivity index (χ1v) is 5.46. The van der Waals surface area contributed by atoms with Crippen LogP contribution in [0.3, 0.4) is 0 Å². The van der Waals surface area contributed by atoms with Crippen molar-refractivity contribution >= 4 is 29.0 Å². The summed E-state index contributed by atoms with van der Waals surface area (Å²) in [6.45, 7) is 1.95. The first kappa shape index (κ1) is 11.8. The van der Waals surface area contributed by atoms with Crippen molar-refractivity contribution in [3.63, 3.8) is 0 Å². The Morgan fingerprint density at radius 3 is 2.24 bits per heavy atom. The standard InChI is InChI=1S/C12H9ClFNO2/c1-2-15-11(16)9(10(13)12(15)17)7-3-5-8(14)6-4-7/h3-6H,2H2,1H3. The minimum absolute atomic E-state index is 0.108. The number of amides is 2. The van der Waals surface area contributed by atoms with Crippen LogP contribution >= 0.6 is 11.6 Å². The molecule has 0 spiro atoms. The molecule has 0 radical (unpaired) electrons. The molecule has 1 aliphatic heterocycles. The molecule has 1 aliphatic rings. The predicted molar refractivity (Wildman–Crippen MR) is 61.6 cm³/mol. The fourth-order valence-corrected chi connectivity index (χ4v) is 1.99. The van der Waals surface area contributed by atoms with Gasteiger partial charge in [0, 0.05) is 6.54 Å². The van der Waals surface area contributed by atoms with Crippen molar-refractivity contribution in [1.82, 2.24) is 4.90 Å². The number of likely N-dealkylation sites (N-methyl/N-ethyl adjacent to an activating group) is 1. The van der Waals surface area contributed by atoms with Gasteiger partial charge in [0.2, 0.25) is 0 Å². The van der Waals surface area contributed by atoms with Gasteiger partial charge in [0.15, 0.2) is 0 Å². The second-order valence-electron chi connectivity index (χ2n) is 3.55. The van der Waals surface area contributed by atoms with Crippen LogP contribution in [0.2, 0.25) is 0 Å². The fourth-order valence-electron chi connectivity index (χ4n) is 1.70. The highest BCUT2D eigenvalue weighted by molar-refractivity contribution is 6.55. The van der Waals surface area contributed by atoms with E-state index in [-0.39, 0.29) is 17.2 Å². The number of carbonyl (C=O) groups is 2. The molecule has 88 valence electrons. The Morgan fingerprint density at radius 2 is 1.76 bits per heavy atom. The molecule has 1 heterocycles. The number of halogens is 2. The molecule has 2 amide bonds. The largest absolute Gasteiger partial charge is 0.274 e. The summed E-state index contributed by atoms with van der Waals surface area (Å²) in [6, 6.07) is 5.30. The van der Waals surface area contributed by atoms with Crippen molar-refractivity contribution < 1.29 is 14.0 Å². The maximum atomic E-state index is 12.8. The van der Waals surface area contributed by atoms with Crippen LogP contribution in [0, 0.1) is 5.82 Å². The van der Waals surface area contributed by atoms with Gasteiger partial charge in [0.05, 0.1) is 5.57 Å². The highest BCUT2D eigenvalue weighted by atomic mass is 35.5. The lowest BCUT2D eigenvalue weighted by Gasteiger charge is -2.10. The molecule has 17 heavy (non-hydrogen) atoms. The third-order valence-electron chi connectivity index (χ3n) is 2.56. The molecular weight excluding hydrogens is 245 g/mol. The SMILES string of the molecule is CCN1C(=O)C(Cl)=C(c2ccc(F)cc2)C1=O. The zero-order valence-corrected chi connectivity index (χ0v) is 9.79. The van der Waals surface area contributed by atoms with Crippen LogP contribution in [-0.2, 0) is 9.59 Å². The molecular formula is C12H9ClFNO2. The fraction of sp³-hybridized carbons (Fsp3) is 0.167. The van der Waals surface area contributed by atoms with Crippen molar-refractivity contribution in [1.29, 1.82) is 0 Å². The summed E-state index contributed by atoms with van der Waals surface area (Å²) < 4.78 is 12.8. The summed E-state index contributed by atoms with van der Waals surface area (Å²) in [5.74, 6) is -1.35. The number of benzene rings is 1. The quantitative estimate of drug-likeness (QED) is 0.758. The van der Waals surface area contributed by atoms with Crippen LogP contribution in [0.1, 0.15) is 12.5 Å². The summed E-state index contributed by atoms with van der Waals surface area (Å²) in [6.07, 6.45) is 0. The Hall–Kier alpha value is -1.68. The Morgan fingerprint density at radius 1 is 1.18 bits per heavy atom. The molecule has 0 saturated heterocycles. The van der Waals surface area contributed by atoms with E-state index in [1.54, 1.807) is 6.92 Å². The van der Waals surface area contributed by atoms with E-state index in [2.05, 4.69) is 0 Å². The summed E-state index contributed by atoms with van der Waals surface area (Å²) in [5.41, 5.74) is 0.587. The van der Waals surface area contributed by atoms with Crippen molar-refractivity contribution in [2.24, 2.45) is 0 Å².